The first-order chi connectivity index (χ1) is 19.6. The number of alkyl halides is 3. The number of aryl methyl sites for hydroxylation is 4. The first kappa shape index (κ1) is 30.2. The Hall–Kier alpha value is -3.75. The molecule has 0 saturated carbocycles. The summed E-state index contributed by atoms with van der Waals surface area (Å²) in [6, 6.07) is 14.6. The van der Waals surface area contributed by atoms with Crippen LogP contribution in [0.4, 0.5) is 26.3 Å². The van der Waals surface area contributed by atoms with Gasteiger partial charge in [0.05, 0.1) is 12.8 Å². The molecule has 0 aliphatic rings. The van der Waals surface area contributed by atoms with Crippen molar-refractivity contribution in [2.45, 2.75) is 58.0 Å². The van der Waals surface area contributed by atoms with Gasteiger partial charge in [-0.3, -0.25) is 4.98 Å². The summed E-state index contributed by atoms with van der Waals surface area (Å²) in [5.41, 5.74) is 2.51. The Morgan fingerprint density at radius 1 is 0.756 bits per heavy atom. The van der Waals surface area contributed by atoms with Crippen molar-refractivity contribution in [2.24, 2.45) is 0 Å². The molecule has 0 saturated heterocycles. The average molecular weight is 576 g/mol. The number of halogens is 6. The molecule has 0 aliphatic carbocycles. The highest BCUT2D eigenvalue weighted by molar-refractivity contribution is 5.84. The zero-order chi connectivity index (χ0) is 29.4. The second-order valence-electron chi connectivity index (χ2n) is 9.93. The Labute approximate surface area is 235 Å². The summed E-state index contributed by atoms with van der Waals surface area (Å²) in [6.07, 6.45) is 1.98. The molecule has 3 aromatic carbocycles. The second kappa shape index (κ2) is 13.7. The molecule has 4 aromatic rings. The van der Waals surface area contributed by atoms with Gasteiger partial charge in [0.2, 0.25) is 0 Å². The van der Waals surface area contributed by atoms with Gasteiger partial charge >= 0.3 is 6.18 Å². The summed E-state index contributed by atoms with van der Waals surface area (Å²) in [5.74, 6) is -3.23. The number of pyridine rings is 1. The second-order valence-corrected chi connectivity index (χ2v) is 9.93. The quantitative estimate of drug-likeness (QED) is 0.118. The molecule has 0 bridgehead atoms. The molecule has 1 heterocycles. The van der Waals surface area contributed by atoms with Crippen LogP contribution in [0, 0.1) is 17.5 Å². The Morgan fingerprint density at radius 2 is 1.51 bits per heavy atom. The summed E-state index contributed by atoms with van der Waals surface area (Å²) in [6.45, 7) is 1.02. The lowest BCUT2D eigenvalue weighted by Crippen LogP contribution is -2.20. The van der Waals surface area contributed by atoms with E-state index in [1.54, 1.807) is 24.4 Å². The number of benzene rings is 3. The van der Waals surface area contributed by atoms with E-state index in [0.717, 1.165) is 66.6 Å². The molecule has 0 spiro atoms. The maximum absolute atomic E-state index is 15.3. The van der Waals surface area contributed by atoms with E-state index in [1.165, 1.54) is 0 Å². The molecule has 0 unspecified atom stereocenters. The molecule has 1 aromatic heterocycles. The highest BCUT2D eigenvalue weighted by Gasteiger charge is 2.30. The molecule has 0 aliphatic heterocycles. The first-order valence-electron chi connectivity index (χ1n) is 13.6. The molecule has 0 amide bonds. The van der Waals surface area contributed by atoms with Gasteiger partial charge in [0, 0.05) is 11.1 Å². The van der Waals surface area contributed by atoms with Gasteiger partial charge < -0.3 is 9.47 Å². The molecule has 4 rings (SSSR count). The number of nitrogens with zero attached hydrogens (tertiary/aromatic N) is 1. The third-order valence-electron chi connectivity index (χ3n) is 6.70. The van der Waals surface area contributed by atoms with Crippen molar-refractivity contribution in [1.82, 2.24) is 4.98 Å². The number of aromatic nitrogens is 1. The lowest BCUT2D eigenvalue weighted by Gasteiger charge is -2.12. The maximum atomic E-state index is 15.3. The van der Waals surface area contributed by atoms with Crippen LogP contribution in [0.3, 0.4) is 0 Å². The van der Waals surface area contributed by atoms with Crippen LogP contribution in [0.15, 0.2) is 60.8 Å². The van der Waals surface area contributed by atoms with Crippen molar-refractivity contribution in [3.05, 3.63) is 101 Å². The smallest absolute Gasteiger partial charge is 0.422 e. The molecular formula is C32H31F6NO2. The van der Waals surface area contributed by atoms with Crippen molar-refractivity contribution in [3.63, 3.8) is 0 Å². The molecule has 218 valence electrons. The molecule has 0 atom stereocenters. The number of hydrogen-bond donors (Lipinski definition) is 0. The van der Waals surface area contributed by atoms with Crippen LogP contribution in [0.2, 0.25) is 0 Å². The Morgan fingerprint density at radius 3 is 2.20 bits per heavy atom. The average Bonchev–Trinajstić information content (AvgIpc) is 2.93. The number of rotatable bonds is 13. The Bertz CT molecular complexity index is 1430. The van der Waals surface area contributed by atoms with Gasteiger partial charge in [-0.15, -0.1) is 0 Å². The van der Waals surface area contributed by atoms with Crippen LogP contribution in [-0.2, 0) is 25.7 Å². The minimum Gasteiger partial charge on any atom is -0.492 e. The van der Waals surface area contributed by atoms with E-state index in [-0.39, 0.29) is 18.4 Å². The molecular weight excluding hydrogens is 544 g/mol. The monoisotopic (exact) mass is 575 g/mol. The van der Waals surface area contributed by atoms with Crippen LogP contribution in [0.5, 0.6) is 11.5 Å². The Kier molecular flexibility index (Phi) is 10.1. The zero-order valence-corrected chi connectivity index (χ0v) is 22.7. The van der Waals surface area contributed by atoms with E-state index in [1.807, 2.05) is 24.3 Å². The minimum atomic E-state index is -4.72. The first-order valence-corrected chi connectivity index (χ1v) is 13.6. The standard InChI is InChI=1S/C32H31F6NO2/c1-2-3-4-15-40-26-13-12-25(39-19-26)11-6-21-7-14-27-24(16-21)10-9-23(30(27)35)8-5-22-17-28(33)31(29(34)18-22)41-20-32(36,37)38/h7,9-10,12-14,16-19H,2-6,8,11,15,20H2,1H3. The van der Waals surface area contributed by atoms with Gasteiger partial charge in [-0.1, -0.05) is 50.1 Å². The summed E-state index contributed by atoms with van der Waals surface area (Å²) >= 11 is 0. The van der Waals surface area contributed by atoms with E-state index in [2.05, 4.69) is 16.6 Å². The number of hydrogen-bond acceptors (Lipinski definition) is 3. The van der Waals surface area contributed by atoms with Gasteiger partial charge in [-0.25, -0.2) is 13.2 Å². The lowest BCUT2D eigenvalue weighted by atomic mass is 9.97. The fraction of sp³-hybridized carbons (Fsp3) is 0.344. The normalized spacial score (nSPS) is 11.7. The van der Waals surface area contributed by atoms with Crippen LogP contribution < -0.4 is 9.47 Å². The van der Waals surface area contributed by atoms with Gasteiger partial charge in [0.1, 0.15) is 11.6 Å². The van der Waals surface area contributed by atoms with Crippen molar-refractivity contribution in [2.75, 3.05) is 13.2 Å². The summed E-state index contributed by atoms with van der Waals surface area (Å²) in [5, 5.41) is 1.16. The largest absolute Gasteiger partial charge is 0.492 e. The van der Waals surface area contributed by atoms with Crippen LogP contribution in [-0.4, -0.2) is 24.4 Å². The van der Waals surface area contributed by atoms with Crippen molar-refractivity contribution in [3.8, 4) is 11.5 Å². The third kappa shape index (κ3) is 8.62. The highest BCUT2D eigenvalue weighted by atomic mass is 19.4. The van der Waals surface area contributed by atoms with Crippen LogP contribution in [0.1, 0.15) is 48.6 Å². The summed E-state index contributed by atoms with van der Waals surface area (Å²) in [7, 11) is 0. The van der Waals surface area contributed by atoms with Gasteiger partial charge in [0.15, 0.2) is 24.0 Å². The van der Waals surface area contributed by atoms with Gasteiger partial charge in [-0.2, -0.15) is 13.2 Å². The van der Waals surface area contributed by atoms with E-state index in [0.29, 0.717) is 17.6 Å². The van der Waals surface area contributed by atoms with Crippen molar-refractivity contribution in [1.29, 1.82) is 0 Å². The summed E-state index contributed by atoms with van der Waals surface area (Å²) in [4.78, 5) is 4.48. The third-order valence-corrected chi connectivity index (χ3v) is 6.70. The highest BCUT2D eigenvalue weighted by Crippen LogP contribution is 2.28. The van der Waals surface area contributed by atoms with Crippen molar-refractivity contribution >= 4 is 10.8 Å². The Balaban J connectivity index is 1.35. The lowest BCUT2D eigenvalue weighted by molar-refractivity contribution is -0.154. The molecule has 0 fully saturated rings. The molecule has 9 heteroatoms. The molecule has 0 radical (unpaired) electrons. The predicted octanol–water partition coefficient (Wildman–Crippen LogP) is 8.73. The predicted molar refractivity (Wildman–Crippen MR) is 146 cm³/mol. The van der Waals surface area contributed by atoms with E-state index >= 15 is 4.39 Å². The van der Waals surface area contributed by atoms with E-state index < -0.39 is 36.0 Å². The summed E-state index contributed by atoms with van der Waals surface area (Å²) < 4.78 is 90.5. The SMILES string of the molecule is CCCCCOc1ccc(CCc2ccc3c(F)c(CCc4cc(F)c(OCC(F)(F)F)c(F)c4)ccc3c2)nc1. The minimum absolute atomic E-state index is 0.0868. The number of unbranched alkanes of at least 4 members (excludes halogenated alkanes) is 2. The molecule has 41 heavy (non-hydrogen) atoms. The van der Waals surface area contributed by atoms with Gasteiger partial charge in [0.25, 0.3) is 0 Å². The van der Waals surface area contributed by atoms with Gasteiger partial charge in [-0.05, 0) is 78.4 Å². The topological polar surface area (TPSA) is 31.4 Å². The zero-order valence-electron chi connectivity index (χ0n) is 22.7. The van der Waals surface area contributed by atoms with Crippen LogP contribution >= 0.6 is 0 Å². The maximum Gasteiger partial charge on any atom is 0.422 e. The number of ether oxygens (including phenoxy) is 2. The fourth-order valence-electron chi connectivity index (χ4n) is 4.52. The van der Waals surface area contributed by atoms with Crippen molar-refractivity contribution < 1.29 is 35.8 Å². The van der Waals surface area contributed by atoms with Crippen LogP contribution in [0.25, 0.3) is 10.8 Å². The van der Waals surface area contributed by atoms with E-state index in [4.69, 9.17) is 4.74 Å². The molecule has 0 N–H and O–H groups in total. The molecule has 3 nitrogen and oxygen atoms in total. The van der Waals surface area contributed by atoms with E-state index in [9.17, 15) is 22.0 Å². The number of fused-ring (bicyclic) bond motifs is 1. The fourth-order valence-corrected chi connectivity index (χ4v) is 4.52.